The summed E-state index contributed by atoms with van der Waals surface area (Å²) >= 11 is 0. The number of hydrogen-bond acceptors (Lipinski definition) is 2. The van der Waals surface area contributed by atoms with Gasteiger partial charge in [-0.05, 0) is 31.9 Å². The molecule has 1 fully saturated rings. The van der Waals surface area contributed by atoms with Crippen LogP contribution in [0.25, 0.3) is 0 Å². The first-order valence-corrected chi connectivity index (χ1v) is 6.19. The number of nitrogens with one attached hydrogen (secondary N) is 1. The molecule has 1 saturated carbocycles. The van der Waals surface area contributed by atoms with Crippen molar-refractivity contribution in [3.05, 3.63) is 35.1 Å². The van der Waals surface area contributed by atoms with Crippen molar-refractivity contribution in [1.29, 1.82) is 0 Å². The molecule has 0 aliphatic heterocycles. The Morgan fingerprint density at radius 3 is 2.82 bits per heavy atom. The standard InChI is InChI=1S/C14H18FNO/c1-10-6-7-13(15)12(8-10)14(17)9-16-11-4-2-3-5-11/h6-8,11,16H,2-5,9H2,1H3. The lowest BCUT2D eigenvalue weighted by Crippen LogP contribution is -2.31. The SMILES string of the molecule is Cc1ccc(F)c(C(=O)CNC2CCCC2)c1. The zero-order valence-corrected chi connectivity index (χ0v) is 10.1. The quantitative estimate of drug-likeness (QED) is 0.813. The second-order valence-corrected chi connectivity index (χ2v) is 4.77. The van der Waals surface area contributed by atoms with Gasteiger partial charge >= 0.3 is 0 Å². The van der Waals surface area contributed by atoms with Crippen molar-refractivity contribution in [2.45, 2.75) is 38.6 Å². The number of ketones is 1. The molecule has 1 N–H and O–H groups in total. The molecule has 2 rings (SSSR count). The van der Waals surface area contributed by atoms with Crippen molar-refractivity contribution in [3.63, 3.8) is 0 Å². The van der Waals surface area contributed by atoms with Gasteiger partial charge in [0, 0.05) is 6.04 Å². The topological polar surface area (TPSA) is 29.1 Å². The van der Waals surface area contributed by atoms with Gasteiger partial charge in [0.25, 0.3) is 0 Å². The average Bonchev–Trinajstić information content (AvgIpc) is 2.82. The second kappa shape index (κ2) is 5.41. The minimum Gasteiger partial charge on any atom is -0.307 e. The molecule has 0 heterocycles. The third-order valence-electron chi connectivity index (χ3n) is 3.33. The molecule has 0 unspecified atom stereocenters. The van der Waals surface area contributed by atoms with E-state index in [0.717, 1.165) is 18.4 Å². The first-order chi connectivity index (χ1) is 8.16. The fraction of sp³-hybridized carbons (Fsp3) is 0.500. The van der Waals surface area contributed by atoms with Gasteiger partial charge in [-0.15, -0.1) is 0 Å². The van der Waals surface area contributed by atoms with Gasteiger partial charge < -0.3 is 5.32 Å². The maximum Gasteiger partial charge on any atom is 0.179 e. The van der Waals surface area contributed by atoms with Crippen LogP contribution in [0.5, 0.6) is 0 Å². The lowest BCUT2D eigenvalue weighted by atomic mass is 10.1. The summed E-state index contributed by atoms with van der Waals surface area (Å²) in [5.74, 6) is -0.577. The third-order valence-corrected chi connectivity index (χ3v) is 3.33. The predicted octanol–water partition coefficient (Wildman–Crippen LogP) is 2.85. The van der Waals surface area contributed by atoms with Crippen LogP contribution in [0.4, 0.5) is 4.39 Å². The number of rotatable bonds is 4. The van der Waals surface area contributed by atoms with Crippen LogP contribution in [0, 0.1) is 12.7 Å². The van der Waals surface area contributed by atoms with Crippen LogP contribution in [0.2, 0.25) is 0 Å². The Morgan fingerprint density at radius 1 is 1.41 bits per heavy atom. The summed E-state index contributed by atoms with van der Waals surface area (Å²) in [6.45, 7) is 2.10. The number of Topliss-reactive ketones (excluding diaryl/α,β-unsaturated/α-hetero) is 1. The van der Waals surface area contributed by atoms with E-state index in [4.69, 9.17) is 0 Å². The van der Waals surface area contributed by atoms with E-state index in [1.54, 1.807) is 12.1 Å². The molecule has 2 nitrogen and oxygen atoms in total. The third kappa shape index (κ3) is 3.13. The summed E-state index contributed by atoms with van der Waals surface area (Å²) in [4.78, 5) is 11.9. The maximum atomic E-state index is 13.5. The van der Waals surface area contributed by atoms with Crippen molar-refractivity contribution in [1.82, 2.24) is 5.32 Å². The Labute approximate surface area is 101 Å². The van der Waals surface area contributed by atoms with Crippen molar-refractivity contribution >= 4 is 5.78 Å². The smallest absolute Gasteiger partial charge is 0.179 e. The summed E-state index contributed by atoms with van der Waals surface area (Å²) in [5.41, 5.74) is 1.12. The Bertz CT molecular complexity index is 411. The zero-order chi connectivity index (χ0) is 12.3. The normalized spacial score (nSPS) is 16.4. The van der Waals surface area contributed by atoms with Crippen LogP contribution >= 0.6 is 0 Å². The lowest BCUT2D eigenvalue weighted by Gasteiger charge is -2.11. The molecule has 1 aliphatic rings. The first-order valence-electron chi connectivity index (χ1n) is 6.19. The minimum atomic E-state index is -0.422. The number of halogens is 1. The Morgan fingerprint density at radius 2 is 2.12 bits per heavy atom. The summed E-state index contributed by atoms with van der Waals surface area (Å²) in [6, 6.07) is 5.09. The van der Waals surface area contributed by atoms with Crippen LogP contribution in [-0.4, -0.2) is 18.4 Å². The molecule has 0 aromatic heterocycles. The molecule has 92 valence electrons. The van der Waals surface area contributed by atoms with Crippen molar-refractivity contribution < 1.29 is 9.18 Å². The zero-order valence-electron chi connectivity index (χ0n) is 10.1. The van der Waals surface area contributed by atoms with Crippen molar-refractivity contribution in [2.75, 3.05) is 6.54 Å². The van der Waals surface area contributed by atoms with Gasteiger partial charge in [-0.2, -0.15) is 0 Å². The van der Waals surface area contributed by atoms with Gasteiger partial charge in [-0.1, -0.05) is 24.5 Å². The average molecular weight is 235 g/mol. The van der Waals surface area contributed by atoms with Gasteiger partial charge in [0.1, 0.15) is 5.82 Å². The molecular weight excluding hydrogens is 217 g/mol. The molecule has 3 heteroatoms. The van der Waals surface area contributed by atoms with Crippen LogP contribution in [-0.2, 0) is 0 Å². The van der Waals surface area contributed by atoms with Gasteiger partial charge in [0.2, 0.25) is 0 Å². The van der Waals surface area contributed by atoms with E-state index in [1.165, 1.54) is 18.9 Å². The molecule has 1 aromatic carbocycles. The molecule has 0 atom stereocenters. The molecule has 0 amide bonds. The van der Waals surface area contributed by atoms with E-state index in [2.05, 4.69) is 5.32 Å². The van der Waals surface area contributed by atoms with Crippen LogP contribution < -0.4 is 5.32 Å². The van der Waals surface area contributed by atoms with E-state index in [-0.39, 0.29) is 17.9 Å². The molecule has 0 spiro atoms. The van der Waals surface area contributed by atoms with Gasteiger partial charge in [-0.3, -0.25) is 4.79 Å². The number of benzene rings is 1. The van der Waals surface area contributed by atoms with Crippen molar-refractivity contribution in [2.24, 2.45) is 0 Å². The molecule has 1 aliphatic carbocycles. The molecular formula is C14H18FNO. The summed E-state index contributed by atoms with van der Waals surface area (Å²) < 4.78 is 13.5. The summed E-state index contributed by atoms with van der Waals surface area (Å²) in [7, 11) is 0. The fourth-order valence-corrected chi connectivity index (χ4v) is 2.31. The van der Waals surface area contributed by atoms with Crippen LogP contribution in [0.1, 0.15) is 41.6 Å². The summed E-state index contributed by atoms with van der Waals surface area (Å²) in [6.07, 6.45) is 4.71. The van der Waals surface area contributed by atoms with Crippen molar-refractivity contribution in [3.8, 4) is 0 Å². The predicted molar refractivity (Wildman–Crippen MR) is 65.7 cm³/mol. The highest BCUT2D eigenvalue weighted by Gasteiger charge is 2.17. The number of hydrogen-bond donors (Lipinski definition) is 1. The van der Waals surface area contributed by atoms with E-state index >= 15 is 0 Å². The monoisotopic (exact) mass is 235 g/mol. The Kier molecular flexibility index (Phi) is 3.89. The Balaban J connectivity index is 1.96. The molecule has 0 saturated heterocycles. The largest absolute Gasteiger partial charge is 0.307 e. The second-order valence-electron chi connectivity index (χ2n) is 4.77. The van der Waals surface area contributed by atoms with Crippen LogP contribution in [0.3, 0.4) is 0 Å². The highest BCUT2D eigenvalue weighted by Crippen LogP contribution is 2.17. The molecule has 0 bridgehead atoms. The molecule has 0 radical (unpaired) electrons. The van der Waals surface area contributed by atoms with Gasteiger partial charge in [0.15, 0.2) is 5.78 Å². The number of carbonyl (C=O) groups is 1. The maximum absolute atomic E-state index is 13.5. The fourth-order valence-electron chi connectivity index (χ4n) is 2.31. The molecule has 1 aromatic rings. The number of aryl methyl sites for hydroxylation is 1. The highest BCUT2D eigenvalue weighted by molar-refractivity contribution is 5.98. The highest BCUT2D eigenvalue weighted by atomic mass is 19.1. The van der Waals surface area contributed by atoms with E-state index in [0.29, 0.717) is 6.04 Å². The van der Waals surface area contributed by atoms with Gasteiger partial charge in [0.05, 0.1) is 12.1 Å². The van der Waals surface area contributed by atoms with E-state index in [1.807, 2.05) is 6.92 Å². The van der Waals surface area contributed by atoms with E-state index < -0.39 is 5.82 Å². The Hall–Kier alpha value is -1.22. The minimum absolute atomic E-state index is 0.155. The number of carbonyl (C=O) groups excluding carboxylic acids is 1. The lowest BCUT2D eigenvalue weighted by molar-refractivity contribution is 0.0983. The van der Waals surface area contributed by atoms with Crippen LogP contribution in [0.15, 0.2) is 18.2 Å². The van der Waals surface area contributed by atoms with E-state index in [9.17, 15) is 9.18 Å². The summed E-state index contributed by atoms with van der Waals surface area (Å²) in [5, 5.41) is 3.21. The van der Waals surface area contributed by atoms with Gasteiger partial charge in [-0.25, -0.2) is 4.39 Å². The molecule has 17 heavy (non-hydrogen) atoms. The first kappa shape index (κ1) is 12.2.